The molecule has 0 atom stereocenters. The topological polar surface area (TPSA) is 122 Å². The predicted molar refractivity (Wildman–Crippen MR) is 107 cm³/mol. The molecule has 2 aromatic heterocycles. The first-order valence-corrected chi connectivity index (χ1v) is 9.19. The van der Waals surface area contributed by atoms with E-state index in [1.54, 1.807) is 14.0 Å². The van der Waals surface area contributed by atoms with Gasteiger partial charge in [-0.1, -0.05) is 12.1 Å². The molecule has 29 heavy (non-hydrogen) atoms. The number of H-pyrrole nitrogens is 1. The average molecular weight is 397 g/mol. The molecule has 0 aliphatic carbocycles. The number of aromatic amines is 1. The maximum atomic E-state index is 12.1. The number of aryl methyl sites for hydroxylation is 1. The fourth-order valence-corrected chi connectivity index (χ4v) is 2.95. The van der Waals surface area contributed by atoms with Gasteiger partial charge in [0.15, 0.2) is 0 Å². The zero-order chi connectivity index (χ0) is 20.8. The molecule has 0 fully saturated rings. The molecule has 1 amide bonds. The molecular weight excluding hydrogens is 374 g/mol. The van der Waals surface area contributed by atoms with Crippen LogP contribution in [0.5, 0.6) is 11.5 Å². The zero-order valence-electron chi connectivity index (χ0n) is 16.3. The highest BCUT2D eigenvalue weighted by Crippen LogP contribution is 2.14. The summed E-state index contributed by atoms with van der Waals surface area (Å²) in [6, 6.07) is 10.3. The number of hydrogen-bond acceptors (Lipinski definition) is 6. The van der Waals surface area contributed by atoms with Crippen molar-refractivity contribution in [3.8, 4) is 11.5 Å². The third kappa shape index (κ3) is 5.44. The van der Waals surface area contributed by atoms with Crippen molar-refractivity contribution >= 4 is 11.9 Å². The second kappa shape index (κ2) is 9.05. The number of nitrogens with one attached hydrogen (secondary N) is 2. The van der Waals surface area contributed by atoms with E-state index in [9.17, 15) is 14.7 Å². The predicted octanol–water partition coefficient (Wildman–Crippen LogP) is 2.00. The Hall–Kier alpha value is -3.62. The molecule has 3 rings (SSSR count). The highest BCUT2D eigenvalue weighted by molar-refractivity contribution is 5.88. The largest absolute Gasteiger partial charge is 0.508 e. The normalized spacial score (nSPS) is 10.7. The number of aromatic hydroxyl groups is 1. The first-order valence-electron chi connectivity index (χ1n) is 9.19. The Morgan fingerprint density at radius 1 is 1.28 bits per heavy atom. The Labute approximate surface area is 167 Å². The van der Waals surface area contributed by atoms with Crippen LogP contribution in [0.2, 0.25) is 0 Å². The number of methoxy groups -OCH3 is 1. The summed E-state index contributed by atoms with van der Waals surface area (Å²) in [6.45, 7) is 2.12. The lowest BCUT2D eigenvalue weighted by molar-refractivity contribution is -0.116. The number of nitrogens with zero attached hydrogens (tertiary/aromatic N) is 3. The summed E-state index contributed by atoms with van der Waals surface area (Å²) in [5.41, 5.74) is 1.39. The lowest BCUT2D eigenvalue weighted by Gasteiger charge is -2.09. The minimum absolute atomic E-state index is 0.0588. The van der Waals surface area contributed by atoms with Crippen molar-refractivity contribution < 1.29 is 14.6 Å². The van der Waals surface area contributed by atoms with Crippen molar-refractivity contribution in [2.75, 3.05) is 12.4 Å². The third-order valence-electron chi connectivity index (χ3n) is 4.42. The fourth-order valence-electron chi connectivity index (χ4n) is 2.95. The van der Waals surface area contributed by atoms with E-state index in [1.807, 2.05) is 24.3 Å². The van der Waals surface area contributed by atoms with Gasteiger partial charge in [0.25, 0.3) is 5.56 Å². The van der Waals surface area contributed by atoms with Crippen LogP contribution in [0.3, 0.4) is 0 Å². The summed E-state index contributed by atoms with van der Waals surface area (Å²) < 4.78 is 6.65. The van der Waals surface area contributed by atoms with Crippen LogP contribution in [0.25, 0.3) is 0 Å². The van der Waals surface area contributed by atoms with Crippen molar-refractivity contribution in [3.63, 3.8) is 0 Å². The first kappa shape index (κ1) is 20.1. The number of carbonyl (C=O) groups excluding carboxylic acids is 1. The molecule has 152 valence electrons. The Kier molecular flexibility index (Phi) is 6.28. The second-order valence-electron chi connectivity index (χ2n) is 6.63. The monoisotopic (exact) mass is 397 g/mol. The van der Waals surface area contributed by atoms with Gasteiger partial charge in [-0.25, -0.2) is 0 Å². The van der Waals surface area contributed by atoms with Crippen LogP contribution in [0.1, 0.15) is 29.9 Å². The van der Waals surface area contributed by atoms with Gasteiger partial charge in [0, 0.05) is 31.1 Å². The van der Waals surface area contributed by atoms with Crippen LogP contribution in [0, 0.1) is 6.92 Å². The minimum atomic E-state index is -0.292. The number of aromatic nitrogens is 4. The van der Waals surface area contributed by atoms with Crippen LogP contribution in [0.4, 0.5) is 5.95 Å². The van der Waals surface area contributed by atoms with Crippen LogP contribution in [-0.4, -0.2) is 37.9 Å². The molecule has 1 aromatic carbocycles. The van der Waals surface area contributed by atoms with Gasteiger partial charge < -0.3 is 14.4 Å². The Bertz CT molecular complexity index is 1040. The molecule has 0 saturated heterocycles. The number of anilines is 1. The van der Waals surface area contributed by atoms with Gasteiger partial charge in [-0.3, -0.25) is 20.0 Å². The van der Waals surface area contributed by atoms with Crippen LogP contribution in [0.15, 0.2) is 41.2 Å². The molecule has 9 heteroatoms. The number of carbonyl (C=O) groups is 1. The van der Waals surface area contributed by atoms with E-state index in [1.165, 1.54) is 10.6 Å². The van der Waals surface area contributed by atoms with Crippen molar-refractivity contribution in [2.45, 2.75) is 32.7 Å². The molecular formula is C20H23N5O4. The minimum Gasteiger partial charge on any atom is -0.508 e. The number of amides is 1. The summed E-state index contributed by atoms with van der Waals surface area (Å²) in [4.78, 5) is 28.3. The lowest BCUT2D eigenvalue weighted by atomic mass is 10.1. The van der Waals surface area contributed by atoms with E-state index in [2.05, 4.69) is 20.5 Å². The van der Waals surface area contributed by atoms with Crippen LogP contribution in [-0.2, 0) is 17.8 Å². The van der Waals surface area contributed by atoms with E-state index >= 15 is 0 Å². The maximum Gasteiger partial charge on any atom is 0.254 e. The van der Waals surface area contributed by atoms with Crippen molar-refractivity contribution in [3.05, 3.63) is 63.8 Å². The number of hydrogen-bond donors (Lipinski definition) is 3. The summed E-state index contributed by atoms with van der Waals surface area (Å²) in [5, 5.41) is 18.9. The molecule has 3 N–H and O–H groups in total. The van der Waals surface area contributed by atoms with Gasteiger partial charge in [-0.05, 0) is 37.1 Å². The third-order valence-corrected chi connectivity index (χ3v) is 4.42. The highest BCUT2D eigenvalue weighted by atomic mass is 16.5. The van der Waals surface area contributed by atoms with Crippen LogP contribution < -0.4 is 15.6 Å². The standard InChI is InChI=1S/C20H23N5O4/c1-13-10-15(26)12-19(28)25(13)9-3-4-18(27)22-20-21-17(23-24-20)11-14-5-7-16(29-2)8-6-14/h5-8,10,12,26H,3-4,9,11H2,1-2H3,(H2,21,22,23,24,27). The average Bonchev–Trinajstić information content (AvgIpc) is 3.11. The lowest BCUT2D eigenvalue weighted by Crippen LogP contribution is -2.22. The molecule has 2 heterocycles. The second-order valence-corrected chi connectivity index (χ2v) is 6.63. The SMILES string of the molecule is COc1ccc(Cc2nc(NC(=O)CCCn3c(C)cc(O)cc3=O)n[nH]2)cc1. The molecule has 0 bridgehead atoms. The first-order chi connectivity index (χ1) is 13.9. The smallest absolute Gasteiger partial charge is 0.254 e. The molecule has 0 radical (unpaired) electrons. The Morgan fingerprint density at radius 2 is 2.03 bits per heavy atom. The van der Waals surface area contributed by atoms with Gasteiger partial charge >= 0.3 is 0 Å². The number of ether oxygens (including phenoxy) is 1. The van der Waals surface area contributed by atoms with E-state index in [0.29, 0.717) is 30.9 Å². The summed E-state index contributed by atoms with van der Waals surface area (Å²) in [5.74, 6) is 1.35. The van der Waals surface area contributed by atoms with E-state index in [0.717, 1.165) is 17.4 Å². The van der Waals surface area contributed by atoms with Gasteiger partial charge in [0.2, 0.25) is 11.9 Å². The molecule has 0 aliphatic heterocycles. The maximum absolute atomic E-state index is 12.1. The fraction of sp³-hybridized carbons (Fsp3) is 0.300. The van der Waals surface area contributed by atoms with Crippen molar-refractivity contribution in [2.24, 2.45) is 0 Å². The van der Waals surface area contributed by atoms with Gasteiger partial charge in [-0.15, -0.1) is 5.10 Å². The highest BCUT2D eigenvalue weighted by Gasteiger charge is 2.09. The molecule has 0 unspecified atom stereocenters. The van der Waals surface area contributed by atoms with E-state index in [-0.39, 0.29) is 29.6 Å². The van der Waals surface area contributed by atoms with Gasteiger partial charge in [0.1, 0.15) is 17.3 Å². The molecule has 9 nitrogen and oxygen atoms in total. The van der Waals surface area contributed by atoms with Crippen molar-refractivity contribution in [1.82, 2.24) is 19.7 Å². The van der Waals surface area contributed by atoms with Gasteiger partial charge in [-0.2, -0.15) is 4.98 Å². The number of benzene rings is 1. The van der Waals surface area contributed by atoms with Gasteiger partial charge in [0.05, 0.1) is 7.11 Å². The summed E-state index contributed by atoms with van der Waals surface area (Å²) >= 11 is 0. The quantitative estimate of drug-likeness (QED) is 0.534. The van der Waals surface area contributed by atoms with E-state index in [4.69, 9.17) is 4.74 Å². The Morgan fingerprint density at radius 3 is 2.72 bits per heavy atom. The number of rotatable bonds is 8. The van der Waals surface area contributed by atoms with Crippen LogP contribution >= 0.6 is 0 Å². The molecule has 0 saturated carbocycles. The molecule has 0 aliphatic rings. The molecule has 0 spiro atoms. The Balaban J connectivity index is 1.49. The van der Waals surface area contributed by atoms with E-state index < -0.39 is 0 Å². The van der Waals surface area contributed by atoms with Crippen molar-refractivity contribution in [1.29, 1.82) is 0 Å². The number of pyridine rings is 1. The zero-order valence-corrected chi connectivity index (χ0v) is 16.3. The molecule has 3 aromatic rings. The summed E-state index contributed by atoms with van der Waals surface area (Å²) in [6.07, 6.45) is 1.24. The summed E-state index contributed by atoms with van der Waals surface area (Å²) in [7, 11) is 1.62.